The summed E-state index contributed by atoms with van der Waals surface area (Å²) < 4.78 is 0. The van der Waals surface area contributed by atoms with Crippen molar-refractivity contribution in [2.45, 2.75) is 70.8 Å². The molecule has 1 N–H and O–H groups in total. The zero-order valence-corrected chi connectivity index (χ0v) is 10.1. The van der Waals surface area contributed by atoms with Gasteiger partial charge < -0.3 is 5.11 Å². The first-order valence-electron chi connectivity index (χ1n) is 6.97. The van der Waals surface area contributed by atoms with Crippen LogP contribution in [0.25, 0.3) is 0 Å². The van der Waals surface area contributed by atoms with Crippen LogP contribution >= 0.6 is 0 Å². The van der Waals surface area contributed by atoms with Crippen molar-refractivity contribution in [2.24, 2.45) is 17.8 Å². The largest absolute Gasteiger partial charge is 0.393 e. The van der Waals surface area contributed by atoms with Gasteiger partial charge in [0.2, 0.25) is 0 Å². The van der Waals surface area contributed by atoms with Gasteiger partial charge in [-0.3, -0.25) is 0 Å². The van der Waals surface area contributed by atoms with E-state index in [2.05, 4.69) is 6.92 Å². The summed E-state index contributed by atoms with van der Waals surface area (Å²) in [6, 6.07) is 0. The predicted molar refractivity (Wildman–Crippen MR) is 63.7 cm³/mol. The topological polar surface area (TPSA) is 20.2 Å². The maximum Gasteiger partial charge on any atom is 0.0543 e. The molecule has 0 aromatic heterocycles. The molecule has 88 valence electrons. The molecule has 2 aliphatic carbocycles. The normalized spacial score (nSPS) is 36.0. The van der Waals surface area contributed by atoms with E-state index in [1.165, 1.54) is 44.9 Å². The lowest BCUT2D eigenvalue weighted by Gasteiger charge is -2.24. The first-order valence-corrected chi connectivity index (χ1v) is 6.97. The number of aliphatic hydroxyl groups is 1. The predicted octanol–water partition coefficient (Wildman–Crippen LogP) is 3.75. The molecule has 2 saturated carbocycles. The molecule has 4 atom stereocenters. The highest BCUT2D eigenvalue weighted by Crippen LogP contribution is 2.50. The van der Waals surface area contributed by atoms with Gasteiger partial charge in [0.15, 0.2) is 0 Å². The Morgan fingerprint density at radius 2 is 2.07 bits per heavy atom. The van der Waals surface area contributed by atoms with Gasteiger partial charge in [-0.25, -0.2) is 0 Å². The lowest BCUT2D eigenvalue weighted by molar-refractivity contribution is 0.114. The van der Waals surface area contributed by atoms with Crippen LogP contribution in [0.15, 0.2) is 0 Å². The summed E-state index contributed by atoms with van der Waals surface area (Å²) in [6.45, 7) is 2.22. The highest BCUT2D eigenvalue weighted by molar-refractivity contribution is 4.90. The number of hydrogen-bond donors (Lipinski definition) is 1. The molecule has 0 spiro atoms. The van der Waals surface area contributed by atoms with Crippen molar-refractivity contribution < 1.29 is 5.11 Å². The first kappa shape index (κ1) is 11.4. The molecular weight excluding hydrogens is 184 g/mol. The van der Waals surface area contributed by atoms with Crippen LogP contribution in [0.4, 0.5) is 0 Å². The van der Waals surface area contributed by atoms with E-state index in [9.17, 15) is 5.11 Å². The van der Waals surface area contributed by atoms with Crippen LogP contribution in [0.2, 0.25) is 0 Å². The van der Waals surface area contributed by atoms with Gasteiger partial charge in [0.05, 0.1) is 6.10 Å². The average Bonchev–Trinajstić information content (AvgIpc) is 2.79. The van der Waals surface area contributed by atoms with Gasteiger partial charge in [0.1, 0.15) is 0 Å². The Bertz CT molecular complexity index is 190. The minimum atomic E-state index is 0.000833. The van der Waals surface area contributed by atoms with Crippen LogP contribution in [0, 0.1) is 17.8 Å². The SMILES string of the molecule is CCCCCC(O)CC1CC2CCC1C2. The monoisotopic (exact) mass is 210 g/mol. The maximum absolute atomic E-state index is 9.96. The fraction of sp³-hybridized carbons (Fsp3) is 1.00. The molecule has 2 fully saturated rings. The Balaban J connectivity index is 1.64. The third kappa shape index (κ3) is 2.96. The number of hydrogen-bond acceptors (Lipinski definition) is 1. The molecule has 0 amide bonds. The maximum atomic E-state index is 9.96. The smallest absolute Gasteiger partial charge is 0.0543 e. The van der Waals surface area contributed by atoms with Crippen molar-refractivity contribution in [3.63, 3.8) is 0 Å². The van der Waals surface area contributed by atoms with Crippen LogP contribution in [0.3, 0.4) is 0 Å². The van der Waals surface area contributed by atoms with Gasteiger partial charge in [0.25, 0.3) is 0 Å². The fourth-order valence-corrected chi connectivity index (χ4v) is 3.76. The third-order valence-corrected chi connectivity index (χ3v) is 4.60. The van der Waals surface area contributed by atoms with Gasteiger partial charge in [-0.05, 0) is 49.9 Å². The summed E-state index contributed by atoms with van der Waals surface area (Å²) in [5.41, 5.74) is 0. The molecular formula is C14H26O. The first-order chi connectivity index (χ1) is 7.29. The Morgan fingerprint density at radius 3 is 2.67 bits per heavy atom. The zero-order valence-electron chi connectivity index (χ0n) is 10.1. The molecule has 2 rings (SSSR count). The van der Waals surface area contributed by atoms with E-state index < -0.39 is 0 Å². The lowest BCUT2D eigenvalue weighted by atomic mass is 9.84. The Labute approximate surface area is 94.3 Å². The number of unbranched alkanes of at least 4 members (excludes halogenated alkanes) is 2. The van der Waals surface area contributed by atoms with E-state index in [4.69, 9.17) is 0 Å². The van der Waals surface area contributed by atoms with Gasteiger partial charge >= 0.3 is 0 Å². The Morgan fingerprint density at radius 1 is 1.20 bits per heavy atom. The minimum absolute atomic E-state index is 0.000833. The van der Waals surface area contributed by atoms with E-state index in [-0.39, 0.29) is 6.10 Å². The molecule has 0 heterocycles. The molecule has 15 heavy (non-hydrogen) atoms. The summed E-state index contributed by atoms with van der Waals surface area (Å²) in [4.78, 5) is 0. The summed E-state index contributed by atoms with van der Waals surface area (Å²) in [6.07, 6.45) is 11.8. The van der Waals surface area contributed by atoms with Gasteiger partial charge in [-0.1, -0.05) is 32.6 Å². The minimum Gasteiger partial charge on any atom is -0.393 e. The molecule has 1 nitrogen and oxygen atoms in total. The van der Waals surface area contributed by atoms with E-state index in [0.717, 1.165) is 30.6 Å². The van der Waals surface area contributed by atoms with E-state index >= 15 is 0 Å². The zero-order chi connectivity index (χ0) is 10.7. The second kappa shape index (κ2) is 5.34. The van der Waals surface area contributed by atoms with E-state index in [0.29, 0.717) is 0 Å². The van der Waals surface area contributed by atoms with Crippen LogP contribution in [0.5, 0.6) is 0 Å². The van der Waals surface area contributed by atoms with E-state index in [1.54, 1.807) is 0 Å². The number of aliphatic hydroxyl groups excluding tert-OH is 1. The number of fused-ring (bicyclic) bond motifs is 2. The van der Waals surface area contributed by atoms with Gasteiger partial charge in [-0.2, -0.15) is 0 Å². The molecule has 0 aliphatic heterocycles. The van der Waals surface area contributed by atoms with Crippen LogP contribution < -0.4 is 0 Å². The average molecular weight is 210 g/mol. The van der Waals surface area contributed by atoms with Gasteiger partial charge in [0, 0.05) is 0 Å². The molecule has 4 unspecified atom stereocenters. The lowest BCUT2D eigenvalue weighted by Crippen LogP contribution is -2.18. The quantitative estimate of drug-likeness (QED) is 0.662. The van der Waals surface area contributed by atoms with Crippen molar-refractivity contribution >= 4 is 0 Å². The molecule has 2 bridgehead atoms. The Kier molecular flexibility index (Phi) is 4.07. The van der Waals surface area contributed by atoms with Gasteiger partial charge in [-0.15, -0.1) is 0 Å². The van der Waals surface area contributed by atoms with Crippen LogP contribution in [-0.2, 0) is 0 Å². The second-order valence-corrected chi connectivity index (χ2v) is 5.82. The standard InChI is InChI=1S/C14H26O/c1-2-3-4-5-14(15)10-13-9-11-6-7-12(13)8-11/h11-15H,2-10H2,1H3. The summed E-state index contributed by atoms with van der Waals surface area (Å²) >= 11 is 0. The van der Waals surface area contributed by atoms with Crippen molar-refractivity contribution in [1.82, 2.24) is 0 Å². The highest BCUT2D eigenvalue weighted by atomic mass is 16.3. The fourth-order valence-electron chi connectivity index (χ4n) is 3.76. The molecule has 2 aliphatic rings. The van der Waals surface area contributed by atoms with Crippen molar-refractivity contribution in [2.75, 3.05) is 0 Å². The van der Waals surface area contributed by atoms with Crippen LogP contribution in [0.1, 0.15) is 64.7 Å². The molecule has 0 saturated heterocycles. The number of rotatable bonds is 6. The molecule has 0 radical (unpaired) electrons. The Hall–Kier alpha value is -0.0400. The van der Waals surface area contributed by atoms with Crippen molar-refractivity contribution in [3.05, 3.63) is 0 Å². The third-order valence-electron chi connectivity index (χ3n) is 4.60. The second-order valence-electron chi connectivity index (χ2n) is 5.82. The summed E-state index contributed by atoms with van der Waals surface area (Å²) in [7, 11) is 0. The van der Waals surface area contributed by atoms with Crippen molar-refractivity contribution in [1.29, 1.82) is 0 Å². The highest BCUT2D eigenvalue weighted by Gasteiger charge is 2.39. The molecule has 0 aromatic carbocycles. The molecule has 0 aromatic rings. The van der Waals surface area contributed by atoms with Crippen LogP contribution in [-0.4, -0.2) is 11.2 Å². The van der Waals surface area contributed by atoms with E-state index in [1.807, 2.05) is 0 Å². The van der Waals surface area contributed by atoms with Crippen molar-refractivity contribution in [3.8, 4) is 0 Å². The summed E-state index contributed by atoms with van der Waals surface area (Å²) in [5.74, 6) is 2.89. The molecule has 1 heteroatoms. The summed E-state index contributed by atoms with van der Waals surface area (Å²) in [5, 5.41) is 9.96.